The molecule has 3 heterocycles. The fraction of sp³-hybridized carbons (Fsp3) is 0.481. The molecule has 2 aliphatic heterocycles. The fourth-order valence-corrected chi connectivity index (χ4v) is 5.98. The molecule has 2 aromatic carbocycles. The topological polar surface area (TPSA) is 70.4 Å². The molecule has 7 nitrogen and oxygen atoms in total. The average Bonchev–Trinajstić information content (AvgIpc) is 3.48. The Bertz CT molecular complexity index is 1310. The lowest BCUT2D eigenvalue weighted by molar-refractivity contribution is -0.137. The Morgan fingerprint density at radius 3 is 2.74 bits per heavy atom. The predicted octanol–water partition coefficient (Wildman–Crippen LogP) is 4.91. The van der Waals surface area contributed by atoms with Crippen molar-refractivity contribution in [3.8, 4) is 5.75 Å². The van der Waals surface area contributed by atoms with Gasteiger partial charge in [-0.1, -0.05) is 23.4 Å². The summed E-state index contributed by atoms with van der Waals surface area (Å²) in [5.74, 6) is 0.659. The Morgan fingerprint density at radius 2 is 2.00 bits per heavy atom. The molecule has 5 rings (SSSR count). The van der Waals surface area contributed by atoms with E-state index < -0.39 is 24.1 Å². The number of ether oxygens (including phenoxy) is 1. The number of oxime groups is 1. The second-order valence-corrected chi connectivity index (χ2v) is 11.2. The lowest BCUT2D eigenvalue weighted by Gasteiger charge is -2.44. The van der Waals surface area contributed by atoms with Gasteiger partial charge in [-0.05, 0) is 39.0 Å². The molecule has 0 saturated carbocycles. The Kier molecular flexibility index (Phi) is 7.63. The Labute approximate surface area is 223 Å². The van der Waals surface area contributed by atoms with Crippen LogP contribution < -0.4 is 4.74 Å². The lowest BCUT2D eigenvalue weighted by Crippen LogP contribution is -2.59. The number of aliphatic hydroxyl groups is 1. The van der Waals surface area contributed by atoms with Crippen LogP contribution in [-0.4, -0.2) is 76.3 Å². The van der Waals surface area contributed by atoms with E-state index in [0.717, 1.165) is 21.3 Å². The summed E-state index contributed by atoms with van der Waals surface area (Å²) in [6.07, 6.45) is -5.69. The van der Waals surface area contributed by atoms with Crippen molar-refractivity contribution in [1.29, 1.82) is 0 Å². The molecule has 0 amide bonds. The maximum atomic E-state index is 13.4. The van der Waals surface area contributed by atoms with Crippen LogP contribution in [0.4, 0.5) is 13.2 Å². The van der Waals surface area contributed by atoms with Crippen LogP contribution in [0.3, 0.4) is 0 Å². The molecule has 1 saturated heterocycles. The van der Waals surface area contributed by atoms with Gasteiger partial charge in [-0.25, -0.2) is 4.98 Å². The van der Waals surface area contributed by atoms with Gasteiger partial charge >= 0.3 is 6.18 Å². The van der Waals surface area contributed by atoms with Crippen LogP contribution in [0, 0.1) is 6.92 Å². The first-order chi connectivity index (χ1) is 18.1. The first-order valence-electron chi connectivity index (χ1n) is 12.7. The largest absolute Gasteiger partial charge is 0.472 e. The van der Waals surface area contributed by atoms with E-state index in [9.17, 15) is 18.3 Å². The third kappa shape index (κ3) is 5.80. The summed E-state index contributed by atoms with van der Waals surface area (Å²) >= 11 is 1.63. The van der Waals surface area contributed by atoms with Gasteiger partial charge in [0.05, 0.1) is 26.5 Å². The van der Waals surface area contributed by atoms with Crippen molar-refractivity contribution in [2.24, 2.45) is 5.16 Å². The van der Waals surface area contributed by atoms with E-state index in [2.05, 4.69) is 26.9 Å². The lowest BCUT2D eigenvalue weighted by atomic mass is 9.98. The molecule has 1 N–H and O–H groups in total. The second-order valence-electron chi connectivity index (χ2n) is 9.96. The molecule has 38 heavy (non-hydrogen) atoms. The Hall–Kier alpha value is -2.73. The Balaban J connectivity index is 1.19. The van der Waals surface area contributed by atoms with Crippen molar-refractivity contribution in [2.45, 2.75) is 57.8 Å². The molecule has 0 spiro atoms. The zero-order valence-electron chi connectivity index (χ0n) is 21.5. The maximum Gasteiger partial charge on any atom is 0.417 e. The number of piperazine rings is 1. The van der Waals surface area contributed by atoms with Gasteiger partial charge in [0.1, 0.15) is 18.0 Å². The molecule has 4 atom stereocenters. The van der Waals surface area contributed by atoms with Gasteiger partial charge in [0.2, 0.25) is 0 Å². The van der Waals surface area contributed by atoms with Crippen LogP contribution in [0.25, 0.3) is 10.2 Å². The van der Waals surface area contributed by atoms with Crippen molar-refractivity contribution in [2.75, 3.05) is 26.2 Å². The molecule has 0 radical (unpaired) electrons. The summed E-state index contributed by atoms with van der Waals surface area (Å²) in [6.45, 7) is 8.35. The number of halogens is 3. The predicted molar refractivity (Wildman–Crippen MR) is 141 cm³/mol. The van der Waals surface area contributed by atoms with E-state index >= 15 is 0 Å². The van der Waals surface area contributed by atoms with Gasteiger partial charge in [-0.2, -0.15) is 13.2 Å². The minimum Gasteiger partial charge on any atom is -0.472 e. The van der Waals surface area contributed by atoms with Crippen molar-refractivity contribution in [1.82, 2.24) is 14.8 Å². The number of aryl methyl sites for hydroxylation is 1. The molecule has 204 valence electrons. The fourth-order valence-electron chi connectivity index (χ4n) is 5.17. The normalized spacial score (nSPS) is 22.8. The number of fused-ring (bicyclic) bond motifs is 1. The molecular weight excluding hydrogens is 517 g/mol. The van der Waals surface area contributed by atoms with Crippen molar-refractivity contribution < 1.29 is 27.9 Å². The number of hydrogen-bond acceptors (Lipinski definition) is 8. The van der Waals surface area contributed by atoms with Crippen LogP contribution in [0.5, 0.6) is 5.75 Å². The van der Waals surface area contributed by atoms with Gasteiger partial charge in [0.25, 0.3) is 0 Å². The molecular formula is C27H31F3N4O3S. The highest BCUT2D eigenvalue weighted by molar-refractivity contribution is 7.18. The number of alkyl halides is 3. The zero-order chi connectivity index (χ0) is 27.0. The molecule has 0 bridgehead atoms. The van der Waals surface area contributed by atoms with E-state index in [-0.39, 0.29) is 17.7 Å². The Morgan fingerprint density at radius 1 is 1.21 bits per heavy atom. The number of thiazole rings is 1. The van der Waals surface area contributed by atoms with E-state index in [0.29, 0.717) is 44.1 Å². The highest BCUT2D eigenvalue weighted by Gasteiger charge is 2.38. The number of nitrogens with zero attached hydrogens (tertiary/aromatic N) is 4. The molecule has 11 heteroatoms. The SMILES string of the molecule is Cc1nc2cc(OC([C@@H](C)O)N3CCN(C[C@H]4CC(c5ccccc5C(F)(F)F)=NO4)[C@@H](C)C3)ccc2s1. The molecule has 0 aliphatic carbocycles. The van der Waals surface area contributed by atoms with Crippen molar-refractivity contribution >= 4 is 27.3 Å². The summed E-state index contributed by atoms with van der Waals surface area (Å²) in [5, 5.41) is 15.5. The third-order valence-corrected chi connectivity index (χ3v) is 7.96. The quantitative estimate of drug-likeness (QED) is 0.453. The molecule has 1 unspecified atom stereocenters. The van der Waals surface area contributed by atoms with E-state index in [1.807, 2.05) is 25.1 Å². The van der Waals surface area contributed by atoms with E-state index in [1.165, 1.54) is 12.1 Å². The van der Waals surface area contributed by atoms with Crippen LogP contribution in [0.15, 0.2) is 47.6 Å². The monoisotopic (exact) mass is 548 g/mol. The van der Waals surface area contributed by atoms with Gasteiger partial charge in [0, 0.05) is 50.3 Å². The zero-order valence-corrected chi connectivity index (χ0v) is 22.3. The van der Waals surface area contributed by atoms with Crippen molar-refractivity contribution in [3.63, 3.8) is 0 Å². The minimum atomic E-state index is -4.45. The van der Waals surface area contributed by atoms with Crippen LogP contribution in [-0.2, 0) is 11.0 Å². The van der Waals surface area contributed by atoms with Crippen LogP contribution in [0.1, 0.15) is 36.4 Å². The second kappa shape index (κ2) is 10.8. The number of benzene rings is 2. The van der Waals surface area contributed by atoms with E-state index in [4.69, 9.17) is 9.57 Å². The van der Waals surface area contributed by atoms with Gasteiger partial charge in [-0.3, -0.25) is 9.80 Å². The summed E-state index contributed by atoms with van der Waals surface area (Å²) in [4.78, 5) is 14.5. The molecule has 1 aromatic heterocycles. The van der Waals surface area contributed by atoms with Gasteiger partial charge in [0.15, 0.2) is 6.23 Å². The van der Waals surface area contributed by atoms with Gasteiger partial charge in [-0.15, -0.1) is 11.3 Å². The summed E-state index contributed by atoms with van der Waals surface area (Å²) in [7, 11) is 0. The maximum absolute atomic E-state index is 13.4. The minimum absolute atomic E-state index is 0.0725. The third-order valence-electron chi connectivity index (χ3n) is 7.01. The highest BCUT2D eigenvalue weighted by Crippen LogP contribution is 2.34. The summed E-state index contributed by atoms with van der Waals surface area (Å²) in [5.41, 5.74) is 0.578. The summed E-state index contributed by atoms with van der Waals surface area (Å²) in [6, 6.07) is 11.4. The molecule has 1 fully saturated rings. The first-order valence-corrected chi connectivity index (χ1v) is 13.5. The number of rotatable bonds is 7. The number of hydrogen-bond donors (Lipinski definition) is 1. The summed E-state index contributed by atoms with van der Waals surface area (Å²) < 4.78 is 47.7. The molecule has 2 aliphatic rings. The van der Waals surface area contributed by atoms with Crippen LogP contribution in [0.2, 0.25) is 0 Å². The van der Waals surface area contributed by atoms with Crippen molar-refractivity contribution in [3.05, 3.63) is 58.6 Å². The smallest absolute Gasteiger partial charge is 0.417 e. The number of aromatic nitrogens is 1. The van der Waals surface area contributed by atoms with E-state index in [1.54, 1.807) is 24.3 Å². The molecule has 3 aromatic rings. The van der Waals surface area contributed by atoms with Gasteiger partial charge < -0.3 is 14.7 Å². The number of aliphatic hydroxyl groups excluding tert-OH is 1. The average molecular weight is 549 g/mol. The highest BCUT2D eigenvalue weighted by atomic mass is 32.1. The first kappa shape index (κ1) is 26.9. The van der Waals surface area contributed by atoms with Crippen LogP contribution >= 0.6 is 11.3 Å². The standard InChI is InChI=1S/C27H31F3N4O3S/c1-16-14-34(26(17(2)35)36-19-8-9-25-24(12-19)31-18(3)38-25)11-10-33(16)15-20-13-23(32-37-20)21-6-4-5-7-22(21)27(28,29)30/h4-9,12,16-17,20,26,35H,10-11,13-15H2,1-3H3/t16-,17+,20+,26?/m0/s1.